The topological polar surface area (TPSA) is 3.24 Å². The van der Waals surface area contributed by atoms with Crippen LogP contribution in [-0.2, 0) is 5.33 Å². The van der Waals surface area contributed by atoms with Crippen LogP contribution in [-0.4, -0.2) is 0 Å². The number of anilines is 3. The van der Waals surface area contributed by atoms with Crippen LogP contribution >= 0.6 is 15.9 Å². The molecule has 39 heavy (non-hydrogen) atoms. The van der Waals surface area contributed by atoms with Crippen molar-refractivity contribution in [3.63, 3.8) is 0 Å². The summed E-state index contributed by atoms with van der Waals surface area (Å²) in [5, 5.41) is 0.841. The summed E-state index contributed by atoms with van der Waals surface area (Å²) in [5.41, 5.74) is 11.9. The Morgan fingerprint density at radius 2 is 0.795 bits per heavy atom. The fourth-order valence-corrected chi connectivity index (χ4v) is 5.32. The lowest BCUT2D eigenvalue weighted by Crippen LogP contribution is -2.10. The molecular formula is C37H28BrN. The van der Waals surface area contributed by atoms with Crippen molar-refractivity contribution >= 4 is 33.0 Å². The van der Waals surface area contributed by atoms with Gasteiger partial charge in [0.05, 0.1) is 0 Å². The average Bonchev–Trinajstić information content (AvgIpc) is 3.03. The van der Waals surface area contributed by atoms with Gasteiger partial charge in [0.1, 0.15) is 0 Å². The summed E-state index contributed by atoms with van der Waals surface area (Å²) in [6.07, 6.45) is 0. The van der Waals surface area contributed by atoms with Crippen molar-refractivity contribution in [1.29, 1.82) is 0 Å². The SMILES string of the molecule is BrCc1cccc(-c2cccc(N(c3ccc(-c4ccccc4)cc3)c3ccc(-c4ccccc4)cc3)c2)c1. The molecule has 0 N–H and O–H groups in total. The lowest BCUT2D eigenvalue weighted by molar-refractivity contribution is 1.28. The van der Waals surface area contributed by atoms with Gasteiger partial charge in [-0.05, 0) is 75.3 Å². The first-order valence-electron chi connectivity index (χ1n) is 13.1. The summed E-state index contributed by atoms with van der Waals surface area (Å²) in [7, 11) is 0. The summed E-state index contributed by atoms with van der Waals surface area (Å²) >= 11 is 3.60. The van der Waals surface area contributed by atoms with Gasteiger partial charge in [-0.25, -0.2) is 0 Å². The highest BCUT2D eigenvalue weighted by atomic mass is 79.9. The third kappa shape index (κ3) is 5.57. The Morgan fingerprint density at radius 3 is 1.31 bits per heavy atom. The van der Waals surface area contributed by atoms with Gasteiger partial charge in [0.25, 0.3) is 0 Å². The van der Waals surface area contributed by atoms with Gasteiger partial charge in [0.15, 0.2) is 0 Å². The minimum Gasteiger partial charge on any atom is -0.310 e. The monoisotopic (exact) mass is 565 g/mol. The molecule has 0 saturated heterocycles. The van der Waals surface area contributed by atoms with Crippen molar-refractivity contribution in [2.75, 3.05) is 4.90 Å². The third-order valence-corrected chi connectivity index (χ3v) is 7.63. The quantitative estimate of drug-likeness (QED) is 0.174. The van der Waals surface area contributed by atoms with E-state index < -0.39 is 0 Å². The molecule has 0 aliphatic carbocycles. The number of alkyl halides is 1. The Labute approximate surface area is 239 Å². The van der Waals surface area contributed by atoms with Crippen LogP contribution in [0.25, 0.3) is 33.4 Å². The Balaban J connectivity index is 1.42. The predicted molar refractivity (Wildman–Crippen MR) is 170 cm³/mol. The summed E-state index contributed by atoms with van der Waals surface area (Å²) in [6, 6.07) is 56.2. The zero-order valence-corrected chi connectivity index (χ0v) is 23.1. The first-order valence-corrected chi connectivity index (χ1v) is 14.3. The smallest absolute Gasteiger partial charge is 0.0467 e. The highest BCUT2D eigenvalue weighted by molar-refractivity contribution is 9.08. The van der Waals surface area contributed by atoms with Gasteiger partial charge in [-0.1, -0.05) is 137 Å². The molecule has 188 valence electrons. The van der Waals surface area contributed by atoms with Crippen LogP contribution in [0.15, 0.2) is 158 Å². The van der Waals surface area contributed by atoms with E-state index in [1.807, 2.05) is 0 Å². The number of hydrogen-bond acceptors (Lipinski definition) is 1. The van der Waals surface area contributed by atoms with Crippen molar-refractivity contribution in [2.45, 2.75) is 5.33 Å². The molecule has 0 spiro atoms. The number of benzene rings is 6. The van der Waals surface area contributed by atoms with E-state index in [2.05, 4.69) is 179 Å². The molecule has 0 aliphatic rings. The molecule has 6 aromatic carbocycles. The van der Waals surface area contributed by atoms with Gasteiger partial charge < -0.3 is 4.90 Å². The molecule has 2 heteroatoms. The third-order valence-electron chi connectivity index (χ3n) is 6.98. The van der Waals surface area contributed by atoms with Crippen LogP contribution in [0.1, 0.15) is 5.56 Å². The van der Waals surface area contributed by atoms with Crippen LogP contribution in [0.2, 0.25) is 0 Å². The van der Waals surface area contributed by atoms with Crippen molar-refractivity contribution < 1.29 is 0 Å². The molecule has 0 heterocycles. The molecular weight excluding hydrogens is 538 g/mol. The summed E-state index contributed by atoms with van der Waals surface area (Å²) in [6.45, 7) is 0. The van der Waals surface area contributed by atoms with Gasteiger partial charge >= 0.3 is 0 Å². The zero-order valence-electron chi connectivity index (χ0n) is 21.5. The molecule has 1 nitrogen and oxygen atoms in total. The molecule has 0 unspecified atom stereocenters. The highest BCUT2D eigenvalue weighted by Gasteiger charge is 2.14. The molecule has 6 rings (SSSR count). The maximum atomic E-state index is 3.60. The second-order valence-electron chi connectivity index (χ2n) is 9.55. The van der Waals surface area contributed by atoms with Crippen molar-refractivity contribution in [2.24, 2.45) is 0 Å². The second kappa shape index (κ2) is 11.6. The maximum absolute atomic E-state index is 3.60. The van der Waals surface area contributed by atoms with Crippen LogP contribution in [0.5, 0.6) is 0 Å². The van der Waals surface area contributed by atoms with E-state index in [1.165, 1.54) is 38.9 Å². The van der Waals surface area contributed by atoms with E-state index in [0.29, 0.717) is 0 Å². The Morgan fingerprint density at radius 1 is 0.359 bits per heavy atom. The second-order valence-corrected chi connectivity index (χ2v) is 10.1. The Bertz CT molecular complexity index is 1570. The molecule has 0 fully saturated rings. The van der Waals surface area contributed by atoms with Gasteiger partial charge in [-0.3, -0.25) is 0 Å². The minimum absolute atomic E-state index is 0.841. The van der Waals surface area contributed by atoms with Crippen LogP contribution < -0.4 is 4.90 Å². The fourth-order valence-electron chi connectivity index (χ4n) is 4.97. The van der Waals surface area contributed by atoms with E-state index in [4.69, 9.17) is 0 Å². The average molecular weight is 567 g/mol. The van der Waals surface area contributed by atoms with Gasteiger partial charge in [0.2, 0.25) is 0 Å². The zero-order chi connectivity index (χ0) is 26.4. The largest absolute Gasteiger partial charge is 0.310 e. The molecule has 0 amide bonds. The van der Waals surface area contributed by atoms with E-state index in [0.717, 1.165) is 22.4 Å². The van der Waals surface area contributed by atoms with Gasteiger partial charge in [-0.15, -0.1) is 0 Å². The number of halogens is 1. The number of nitrogens with zero attached hydrogens (tertiary/aromatic N) is 1. The standard InChI is InChI=1S/C37H28BrN/c38-27-28-9-7-14-33(25-28)34-15-8-16-37(26-34)39(35-21-17-31(18-22-35)29-10-3-1-4-11-29)36-23-19-32(20-24-36)30-12-5-2-6-13-30/h1-26H,27H2. The molecule has 0 aromatic heterocycles. The van der Waals surface area contributed by atoms with E-state index in [9.17, 15) is 0 Å². The lowest BCUT2D eigenvalue weighted by Gasteiger charge is -2.26. The first-order chi connectivity index (χ1) is 19.3. The van der Waals surface area contributed by atoms with Crippen LogP contribution in [0, 0.1) is 0 Å². The van der Waals surface area contributed by atoms with Crippen molar-refractivity contribution in [3.05, 3.63) is 163 Å². The van der Waals surface area contributed by atoms with E-state index in [1.54, 1.807) is 0 Å². The minimum atomic E-state index is 0.841. The normalized spacial score (nSPS) is 10.8. The lowest BCUT2D eigenvalue weighted by atomic mass is 10.0. The van der Waals surface area contributed by atoms with E-state index in [-0.39, 0.29) is 0 Å². The Hall–Kier alpha value is -4.40. The van der Waals surface area contributed by atoms with Gasteiger partial charge in [0, 0.05) is 22.4 Å². The Kier molecular flexibility index (Phi) is 7.38. The van der Waals surface area contributed by atoms with Crippen LogP contribution in [0.3, 0.4) is 0 Å². The predicted octanol–water partition coefficient (Wildman–Crippen LogP) is 11.1. The molecule has 0 aliphatic heterocycles. The first kappa shape index (κ1) is 24.9. The summed E-state index contributed by atoms with van der Waals surface area (Å²) in [5.74, 6) is 0. The maximum Gasteiger partial charge on any atom is 0.0467 e. The summed E-state index contributed by atoms with van der Waals surface area (Å²) in [4.78, 5) is 2.33. The molecule has 6 aromatic rings. The van der Waals surface area contributed by atoms with Gasteiger partial charge in [-0.2, -0.15) is 0 Å². The molecule has 0 saturated carbocycles. The van der Waals surface area contributed by atoms with Crippen molar-refractivity contribution in [3.8, 4) is 33.4 Å². The van der Waals surface area contributed by atoms with Crippen LogP contribution in [0.4, 0.5) is 17.1 Å². The summed E-state index contributed by atoms with van der Waals surface area (Å²) < 4.78 is 0. The highest BCUT2D eigenvalue weighted by Crippen LogP contribution is 2.38. The molecule has 0 atom stereocenters. The number of rotatable bonds is 7. The number of hydrogen-bond donors (Lipinski definition) is 0. The fraction of sp³-hybridized carbons (Fsp3) is 0.0270. The molecule has 0 bridgehead atoms. The van der Waals surface area contributed by atoms with Crippen molar-refractivity contribution in [1.82, 2.24) is 0 Å². The van der Waals surface area contributed by atoms with E-state index >= 15 is 0 Å². The molecule has 0 radical (unpaired) electrons.